The van der Waals surface area contributed by atoms with Crippen molar-refractivity contribution in [2.45, 2.75) is 33.2 Å². The van der Waals surface area contributed by atoms with E-state index >= 15 is 0 Å². The molecule has 0 amide bonds. The first-order valence-electron chi connectivity index (χ1n) is 6.41. The van der Waals surface area contributed by atoms with Crippen molar-refractivity contribution in [2.24, 2.45) is 0 Å². The second-order valence-corrected chi connectivity index (χ2v) is 5.67. The topological polar surface area (TPSA) is 50.3 Å². The van der Waals surface area contributed by atoms with Crippen LogP contribution in [0.4, 0.5) is 11.8 Å². The first-order valence-corrected chi connectivity index (χ1v) is 6.41. The summed E-state index contributed by atoms with van der Waals surface area (Å²) in [4.78, 5) is 11.3. The van der Waals surface area contributed by atoms with Crippen molar-refractivity contribution in [1.82, 2.24) is 9.97 Å². The fourth-order valence-corrected chi connectivity index (χ4v) is 1.90. The molecule has 100 valence electrons. The maximum Gasteiger partial charge on any atom is 0.225 e. The summed E-state index contributed by atoms with van der Waals surface area (Å²) >= 11 is 0. The smallest absolute Gasteiger partial charge is 0.225 e. The Morgan fingerprint density at radius 3 is 2.50 bits per heavy atom. The highest BCUT2D eigenvalue weighted by Crippen LogP contribution is 2.18. The van der Waals surface area contributed by atoms with Gasteiger partial charge in [-0.05, 0) is 27.7 Å². The zero-order valence-corrected chi connectivity index (χ0v) is 11.7. The zero-order chi connectivity index (χ0) is 13.2. The van der Waals surface area contributed by atoms with Crippen molar-refractivity contribution in [2.75, 3.05) is 36.5 Å². The Labute approximate surface area is 109 Å². The molecule has 1 saturated heterocycles. The number of anilines is 2. The van der Waals surface area contributed by atoms with Gasteiger partial charge in [0.15, 0.2) is 0 Å². The van der Waals surface area contributed by atoms with Gasteiger partial charge in [0.05, 0.1) is 13.2 Å². The summed E-state index contributed by atoms with van der Waals surface area (Å²) in [6.45, 7) is 11.6. The van der Waals surface area contributed by atoms with Crippen molar-refractivity contribution in [3.05, 3.63) is 11.8 Å². The molecule has 0 radical (unpaired) electrons. The fourth-order valence-electron chi connectivity index (χ4n) is 1.90. The summed E-state index contributed by atoms with van der Waals surface area (Å²) in [5, 5.41) is 3.32. The summed E-state index contributed by atoms with van der Waals surface area (Å²) in [5.74, 6) is 1.68. The molecular weight excluding hydrogens is 228 g/mol. The number of hydrogen-bond donors (Lipinski definition) is 1. The van der Waals surface area contributed by atoms with Crippen LogP contribution in [0.1, 0.15) is 26.5 Å². The Morgan fingerprint density at radius 1 is 1.22 bits per heavy atom. The number of aromatic nitrogens is 2. The van der Waals surface area contributed by atoms with Crippen LogP contribution >= 0.6 is 0 Å². The molecule has 18 heavy (non-hydrogen) atoms. The highest BCUT2D eigenvalue weighted by atomic mass is 16.5. The first-order chi connectivity index (χ1) is 8.44. The summed E-state index contributed by atoms with van der Waals surface area (Å²) in [7, 11) is 0. The third-order valence-electron chi connectivity index (χ3n) is 2.66. The molecule has 1 aliphatic rings. The Bertz CT molecular complexity index is 408. The van der Waals surface area contributed by atoms with Crippen LogP contribution in [0, 0.1) is 6.92 Å². The monoisotopic (exact) mass is 250 g/mol. The Kier molecular flexibility index (Phi) is 3.71. The molecule has 1 aliphatic heterocycles. The lowest BCUT2D eigenvalue weighted by molar-refractivity contribution is 0.122. The van der Waals surface area contributed by atoms with E-state index in [1.807, 2.05) is 13.0 Å². The molecule has 0 atom stereocenters. The van der Waals surface area contributed by atoms with Gasteiger partial charge in [-0.15, -0.1) is 0 Å². The normalized spacial score (nSPS) is 16.8. The minimum atomic E-state index is -0.0317. The molecule has 1 aromatic rings. The molecule has 0 saturated carbocycles. The standard InChI is InChI=1S/C13H22N4O/c1-10-9-11(17-5-7-18-8-6-17)15-12(14-10)16-13(2,3)4/h9H,5-8H2,1-4H3,(H,14,15,16). The summed E-state index contributed by atoms with van der Waals surface area (Å²) in [6, 6.07) is 2.03. The molecule has 0 spiro atoms. The van der Waals surface area contributed by atoms with E-state index in [0.717, 1.165) is 37.8 Å². The largest absolute Gasteiger partial charge is 0.378 e. The van der Waals surface area contributed by atoms with E-state index in [2.05, 4.69) is 41.0 Å². The molecular formula is C13H22N4O. The van der Waals surface area contributed by atoms with Crippen LogP contribution in [0.15, 0.2) is 6.07 Å². The predicted octanol–water partition coefficient (Wildman–Crippen LogP) is 1.83. The van der Waals surface area contributed by atoms with Crippen molar-refractivity contribution < 1.29 is 4.74 Å². The molecule has 0 aromatic carbocycles. The van der Waals surface area contributed by atoms with E-state index in [4.69, 9.17) is 4.74 Å². The van der Waals surface area contributed by atoms with Gasteiger partial charge >= 0.3 is 0 Å². The average Bonchev–Trinajstić information content (AvgIpc) is 2.27. The SMILES string of the molecule is Cc1cc(N2CCOCC2)nc(NC(C)(C)C)n1. The summed E-state index contributed by atoms with van der Waals surface area (Å²) < 4.78 is 5.36. The molecule has 0 bridgehead atoms. The highest BCUT2D eigenvalue weighted by molar-refractivity contribution is 5.45. The van der Waals surface area contributed by atoms with Crippen LogP contribution in [0.5, 0.6) is 0 Å². The number of ether oxygens (including phenoxy) is 1. The molecule has 1 aromatic heterocycles. The average molecular weight is 250 g/mol. The number of rotatable bonds is 2. The van der Waals surface area contributed by atoms with Crippen molar-refractivity contribution in [1.29, 1.82) is 0 Å². The summed E-state index contributed by atoms with van der Waals surface area (Å²) in [6.07, 6.45) is 0. The van der Waals surface area contributed by atoms with Gasteiger partial charge in [0.1, 0.15) is 5.82 Å². The highest BCUT2D eigenvalue weighted by Gasteiger charge is 2.16. The van der Waals surface area contributed by atoms with Gasteiger partial charge in [-0.2, -0.15) is 4.98 Å². The van der Waals surface area contributed by atoms with Gasteiger partial charge in [0, 0.05) is 30.4 Å². The van der Waals surface area contributed by atoms with Crippen LogP contribution in [0.3, 0.4) is 0 Å². The molecule has 0 aliphatic carbocycles. The lowest BCUT2D eigenvalue weighted by Crippen LogP contribution is -2.37. The third-order valence-corrected chi connectivity index (χ3v) is 2.66. The van der Waals surface area contributed by atoms with Crippen LogP contribution in [-0.4, -0.2) is 41.8 Å². The lowest BCUT2D eigenvalue weighted by atomic mass is 10.1. The predicted molar refractivity (Wildman–Crippen MR) is 73.2 cm³/mol. The van der Waals surface area contributed by atoms with Crippen LogP contribution in [-0.2, 0) is 4.74 Å². The van der Waals surface area contributed by atoms with Gasteiger partial charge in [0.2, 0.25) is 5.95 Å². The van der Waals surface area contributed by atoms with E-state index in [0.29, 0.717) is 5.95 Å². The number of aryl methyl sites for hydroxylation is 1. The Balaban J connectivity index is 2.20. The maximum atomic E-state index is 5.36. The quantitative estimate of drug-likeness (QED) is 0.868. The first kappa shape index (κ1) is 13.1. The number of hydrogen-bond acceptors (Lipinski definition) is 5. The van der Waals surface area contributed by atoms with E-state index in [9.17, 15) is 0 Å². The number of morpholine rings is 1. The lowest BCUT2D eigenvalue weighted by Gasteiger charge is -2.29. The van der Waals surface area contributed by atoms with E-state index in [1.54, 1.807) is 0 Å². The van der Waals surface area contributed by atoms with Crippen LogP contribution < -0.4 is 10.2 Å². The maximum absolute atomic E-state index is 5.36. The van der Waals surface area contributed by atoms with Gasteiger partial charge in [0.25, 0.3) is 0 Å². The van der Waals surface area contributed by atoms with Gasteiger partial charge in [-0.25, -0.2) is 4.98 Å². The second kappa shape index (κ2) is 5.10. The van der Waals surface area contributed by atoms with E-state index in [1.165, 1.54) is 0 Å². The van der Waals surface area contributed by atoms with E-state index < -0.39 is 0 Å². The van der Waals surface area contributed by atoms with Crippen LogP contribution in [0.2, 0.25) is 0 Å². The molecule has 2 rings (SSSR count). The van der Waals surface area contributed by atoms with Crippen LogP contribution in [0.25, 0.3) is 0 Å². The Morgan fingerprint density at radius 2 is 1.89 bits per heavy atom. The van der Waals surface area contributed by atoms with E-state index in [-0.39, 0.29) is 5.54 Å². The second-order valence-electron chi connectivity index (χ2n) is 5.67. The van der Waals surface area contributed by atoms with Crippen molar-refractivity contribution >= 4 is 11.8 Å². The molecule has 2 heterocycles. The molecule has 5 nitrogen and oxygen atoms in total. The minimum Gasteiger partial charge on any atom is -0.378 e. The number of nitrogens with zero attached hydrogens (tertiary/aromatic N) is 3. The molecule has 0 unspecified atom stereocenters. The van der Waals surface area contributed by atoms with Gasteiger partial charge < -0.3 is 15.0 Å². The van der Waals surface area contributed by atoms with Crippen molar-refractivity contribution in [3.8, 4) is 0 Å². The summed E-state index contributed by atoms with van der Waals surface area (Å²) in [5.41, 5.74) is 0.953. The van der Waals surface area contributed by atoms with Gasteiger partial charge in [-0.3, -0.25) is 0 Å². The van der Waals surface area contributed by atoms with Gasteiger partial charge in [-0.1, -0.05) is 0 Å². The third kappa shape index (κ3) is 3.57. The fraction of sp³-hybridized carbons (Fsp3) is 0.692. The zero-order valence-electron chi connectivity index (χ0n) is 11.7. The molecule has 1 fully saturated rings. The van der Waals surface area contributed by atoms with Crippen molar-refractivity contribution in [3.63, 3.8) is 0 Å². The molecule has 5 heteroatoms. The Hall–Kier alpha value is -1.36. The molecule has 1 N–H and O–H groups in total. The number of nitrogens with one attached hydrogen (secondary N) is 1. The minimum absolute atomic E-state index is 0.0317.